The Kier molecular flexibility index (Phi) is 7.17. The molecule has 1 aliphatic heterocycles. The number of rotatable bonds is 3. The van der Waals surface area contributed by atoms with Crippen molar-refractivity contribution in [3.8, 4) is 0 Å². The average Bonchev–Trinajstić information content (AvgIpc) is 2.93. The first-order valence-corrected chi connectivity index (χ1v) is 11.4. The van der Waals surface area contributed by atoms with Crippen LogP contribution in [-0.2, 0) is 15.7 Å². The zero-order chi connectivity index (χ0) is 23.4. The molecule has 1 N–H and O–H groups in total. The fourth-order valence-electron chi connectivity index (χ4n) is 3.27. The summed E-state index contributed by atoms with van der Waals surface area (Å²) in [6, 6.07) is 11.3. The van der Waals surface area contributed by atoms with E-state index in [0.29, 0.717) is 0 Å². The van der Waals surface area contributed by atoms with Crippen molar-refractivity contribution in [3.05, 3.63) is 71.5 Å². The number of alkyl halides is 3. The van der Waals surface area contributed by atoms with Crippen LogP contribution in [0.2, 0.25) is 0 Å². The Morgan fingerprint density at radius 2 is 1.84 bits per heavy atom. The van der Waals surface area contributed by atoms with Gasteiger partial charge in [0.15, 0.2) is 6.04 Å². The molecule has 0 bridgehead atoms. The van der Waals surface area contributed by atoms with Crippen molar-refractivity contribution < 1.29 is 26.6 Å². The normalized spacial score (nSPS) is 22.1. The topological polar surface area (TPSA) is 74.1 Å². The van der Waals surface area contributed by atoms with Crippen LogP contribution in [0.3, 0.4) is 0 Å². The van der Waals surface area contributed by atoms with Crippen molar-refractivity contribution in [3.63, 3.8) is 0 Å². The largest absolute Gasteiger partial charge is 0.411 e. The maximum absolute atomic E-state index is 14.3. The summed E-state index contributed by atoms with van der Waals surface area (Å²) in [5, 5.41) is 2.51. The van der Waals surface area contributed by atoms with Crippen molar-refractivity contribution in [1.29, 1.82) is 0 Å². The molecule has 1 aliphatic rings. The minimum Gasteiger partial charge on any atom is -0.292 e. The van der Waals surface area contributed by atoms with E-state index in [2.05, 4.69) is 14.7 Å². The molecule has 0 aromatic heterocycles. The number of hydrogen-bond donors (Lipinski definition) is 1. The fraction of sp³-hybridized carbons (Fsp3) is 0.333. The van der Waals surface area contributed by atoms with Gasteiger partial charge in [-0.25, -0.2) is 13.0 Å². The van der Waals surface area contributed by atoms with Crippen molar-refractivity contribution in [2.45, 2.75) is 30.8 Å². The van der Waals surface area contributed by atoms with Crippen LogP contribution in [0.5, 0.6) is 0 Å². The summed E-state index contributed by atoms with van der Waals surface area (Å²) in [6.45, 7) is -0.106. The van der Waals surface area contributed by atoms with Gasteiger partial charge in [-0.15, -0.1) is 0 Å². The first-order chi connectivity index (χ1) is 15.1. The summed E-state index contributed by atoms with van der Waals surface area (Å²) < 4.78 is 73.5. The van der Waals surface area contributed by atoms with Crippen LogP contribution >= 0.6 is 0 Å². The SMILES string of the molecule is C/N=C(/NC(=O)c1ccccc1)N1CCCC(C(F)(F)F)N=S1(=O)Cc1ccccc1F. The molecule has 3 rings (SSSR count). The molecule has 32 heavy (non-hydrogen) atoms. The number of aliphatic imine (C=N–C) groups is 1. The van der Waals surface area contributed by atoms with E-state index >= 15 is 0 Å². The predicted octanol–water partition coefficient (Wildman–Crippen LogP) is 4.15. The minimum absolute atomic E-state index is 0.00215. The molecule has 0 radical (unpaired) electrons. The summed E-state index contributed by atoms with van der Waals surface area (Å²) in [5.74, 6) is -2.06. The summed E-state index contributed by atoms with van der Waals surface area (Å²) in [4.78, 5) is 16.6. The molecule has 0 saturated carbocycles. The zero-order valence-electron chi connectivity index (χ0n) is 17.2. The number of benzene rings is 2. The van der Waals surface area contributed by atoms with E-state index in [1.165, 1.54) is 25.2 Å². The van der Waals surface area contributed by atoms with E-state index in [-0.39, 0.29) is 36.5 Å². The Morgan fingerprint density at radius 3 is 2.47 bits per heavy atom. The highest BCUT2D eigenvalue weighted by atomic mass is 32.2. The molecule has 2 unspecified atom stereocenters. The standard InChI is InChI=1S/C21H22F4N4O2S/c1-26-20(27-19(30)15-8-3-2-4-9-15)29-13-7-12-18(21(23,24)25)28-32(29,31)14-16-10-5-6-11-17(16)22/h2-6,8-11,18H,7,12-14H2,1H3,(H,26,27,30). The third-order valence-electron chi connectivity index (χ3n) is 4.86. The zero-order valence-corrected chi connectivity index (χ0v) is 18.0. The van der Waals surface area contributed by atoms with Gasteiger partial charge in [-0.1, -0.05) is 36.4 Å². The molecular formula is C21H22F4N4O2S. The molecule has 0 fully saturated rings. The Bertz CT molecular complexity index is 1110. The maximum Gasteiger partial charge on any atom is 0.411 e. The van der Waals surface area contributed by atoms with Gasteiger partial charge in [-0.2, -0.15) is 13.2 Å². The molecule has 0 saturated heterocycles. The second-order valence-electron chi connectivity index (χ2n) is 7.12. The van der Waals surface area contributed by atoms with Gasteiger partial charge in [-0.05, 0) is 31.0 Å². The van der Waals surface area contributed by atoms with Gasteiger partial charge in [0.1, 0.15) is 15.7 Å². The quantitative estimate of drug-likeness (QED) is 0.416. The Labute approximate surface area is 183 Å². The van der Waals surface area contributed by atoms with Crippen LogP contribution in [-0.4, -0.2) is 46.2 Å². The molecule has 2 atom stereocenters. The summed E-state index contributed by atoms with van der Waals surface area (Å²) >= 11 is 0. The molecule has 172 valence electrons. The number of nitrogens with one attached hydrogen (secondary N) is 1. The van der Waals surface area contributed by atoms with Crippen molar-refractivity contribution in [2.75, 3.05) is 13.6 Å². The van der Waals surface area contributed by atoms with Gasteiger partial charge in [0.2, 0.25) is 5.96 Å². The minimum atomic E-state index is -4.70. The molecule has 11 heteroatoms. The van der Waals surface area contributed by atoms with E-state index in [0.717, 1.165) is 10.4 Å². The van der Waals surface area contributed by atoms with E-state index < -0.39 is 39.6 Å². The van der Waals surface area contributed by atoms with Crippen molar-refractivity contribution in [2.24, 2.45) is 9.36 Å². The fourth-order valence-corrected chi connectivity index (χ4v) is 5.69. The average molecular weight is 470 g/mol. The number of amides is 1. The molecule has 1 heterocycles. The molecule has 2 aromatic carbocycles. The molecule has 2 aromatic rings. The van der Waals surface area contributed by atoms with Crippen molar-refractivity contribution in [1.82, 2.24) is 9.62 Å². The first-order valence-electron chi connectivity index (χ1n) is 9.79. The van der Waals surface area contributed by atoms with E-state index in [9.17, 15) is 26.6 Å². The van der Waals surface area contributed by atoms with E-state index in [1.54, 1.807) is 30.3 Å². The Morgan fingerprint density at radius 1 is 1.19 bits per heavy atom. The highest BCUT2D eigenvalue weighted by molar-refractivity contribution is 7.91. The van der Waals surface area contributed by atoms with Crippen LogP contribution in [0, 0.1) is 5.82 Å². The number of guanidine groups is 1. The highest BCUT2D eigenvalue weighted by Gasteiger charge is 2.43. The second kappa shape index (κ2) is 9.68. The number of carbonyl (C=O) groups excluding carboxylic acids is 1. The van der Waals surface area contributed by atoms with Gasteiger partial charge in [0.05, 0.1) is 5.75 Å². The Hall–Kier alpha value is -2.95. The van der Waals surface area contributed by atoms with Crippen LogP contribution in [0.4, 0.5) is 17.6 Å². The molecule has 0 spiro atoms. The lowest BCUT2D eigenvalue weighted by molar-refractivity contribution is -0.147. The van der Waals surface area contributed by atoms with Gasteiger partial charge in [-0.3, -0.25) is 19.4 Å². The molecule has 1 amide bonds. The molecular weight excluding hydrogens is 448 g/mol. The number of halogens is 4. The van der Waals surface area contributed by atoms with E-state index in [4.69, 9.17) is 0 Å². The van der Waals surface area contributed by atoms with Crippen LogP contribution in [0.1, 0.15) is 28.8 Å². The van der Waals surface area contributed by atoms with Crippen LogP contribution < -0.4 is 5.32 Å². The van der Waals surface area contributed by atoms with Gasteiger partial charge in [0.25, 0.3) is 5.91 Å². The van der Waals surface area contributed by atoms with Crippen molar-refractivity contribution >= 4 is 21.8 Å². The second-order valence-corrected chi connectivity index (χ2v) is 9.27. The molecule has 0 aliphatic carbocycles. The number of nitrogens with zero attached hydrogens (tertiary/aromatic N) is 3. The van der Waals surface area contributed by atoms with Gasteiger partial charge in [0, 0.05) is 24.7 Å². The smallest absolute Gasteiger partial charge is 0.292 e. The summed E-state index contributed by atoms with van der Waals surface area (Å²) in [6.07, 6.45) is -5.08. The first kappa shape index (κ1) is 23.7. The van der Waals surface area contributed by atoms with Crippen LogP contribution in [0.15, 0.2) is 64.0 Å². The Balaban J connectivity index is 2.03. The number of carbonyl (C=O) groups is 1. The van der Waals surface area contributed by atoms with E-state index in [1.807, 2.05) is 0 Å². The predicted molar refractivity (Wildman–Crippen MR) is 114 cm³/mol. The molecule has 6 nitrogen and oxygen atoms in total. The van der Waals surface area contributed by atoms with Gasteiger partial charge < -0.3 is 0 Å². The maximum atomic E-state index is 14.3. The van der Waals surface area contributed by atoms with Gasteiger partial charge >= 0.3 is 6.18 Å². The lowest BCUT2D eigenvalue weighted by Gasteiger charge is -2.28. The number of hydrogen-bond acceptors (Lipinski definition) is 4. The van der Waals surface area contributed by atoms with Crippen LogP contribution in [0.25, 0.3) is 0 Å². The highest BCUT2D eigenvalue weighted by Crippen LogP contribution is 2.32. The summed E-state index contributed by atoms with van der Waals surface area (Å²) in [5.41, 5.74) is 0.244. The lowest BCUT2D eigenvalue weighted by atomic mass is 10.1. The summed E-state index contributed by atoms with van der Waals surface area (Å²) in [7, 11) is -2.55. The third-order valence-corrected chi connectivity index (χ3v) is 7.18. The third kappa shape index (κ3) is 5.45. The monoisotopic (exact) mass is 470 g/mol. The lowest BCUT2D eigenvalue weighted by Crippen LogP contribution is -2.47.